The van der Waals surface area contributed by atoms with E-state index in [-0.39, 0.29) is 0 Å². The summed E-state index contributed by atoms with van der Waals surface area (Å²) in [5.41, 5.74) is 0.409. The summed E-state index contributed by atoms with van der Waals surface area (Å²) in [6.07, 6.45) is 0. The zero-order valence-corrected chi connectivity index (χ0v) is 6.76. The van der Waals surface area contributed by atoms with Crippen LogP contribution >= 0.6 is 12.0 Å². The van der Waals surface area contributed by atoms with Crippen molar-refractivity contribution in [1.29, 1.82) is 5.26 Å². The fraction of sp³-hybridized carbons (Fsp3) is 0.143. The maximum Gasteiger partial charge on any atom is 0.141 e. The summed E-state index contributed by atoms with van der Waals surface area (Å²) in [5, 5.41) is 9.17. The summed E-state index contributed by atoms with van der Waals surface area (Å²) in [7, 11) is 1.56. The molecule has 0 aliphatic rings. The number of nitriles is 1. The molecule has 0 saturated carbocycles. The first kappa shape index (κ1) is 8.05. The summed E-state index contributed by atoms with van der Waals surface area (Å²) in [6.45, 7) is 0. The Labute approximate surface area is 69.2 Å². The molecule has 1 aromatic rings. The van der Waals surface area contributed by atoms with Crippen LogP contribution in [0.3, 0.4) is 0 Å². The second-order valence-electron chi connectivity index (χ2n) is 1.72. The van der Waals surface area contributed by atoms with Gasteiger partial charge in [0.25, 0.3) is 0 Å². The molecule has 0 saturated heterocycles. The van der Waals surface area contributed by atoms with E-state index in [1.807, 2.05) is 6.07 Å². The fourth-order valence-electron chi connectivity index (χ4n) is 0.609. The van der Waals surface area contributed by atoms with E-state index in [1.165, 1.54) is 0 Å². The molecule has 0 bridgehead atoms. The molecule has 0 amide bonds. The number of nitrogens with zero attached hydrogens (tertiary/aromatic N) is 2. The lowest BCUT2D eigenvalue weighted by molar-refractivity contribution is 0.488. The van der Waals surface area contributed by atoms with E-state index in [2.05, 4.69) is 4.98 Å². The molecule has 0 spiro atoms. The van der Waals surface area contributed by atoms with Gasteiger partial charge < -0.3 is 4.18 Å². The number of hydrogen-bond acceptors (Lipinski definition) is 4. The van der Waals surface area contributed by atoms with Crippen LogP contribution in [0.25, 0.3) is 0 Å². The molecule has 1 aromatic heterocycles. The molecular weight excluding hydrogens is 160 g/mol. The van der Waals surface area contributed by atoms with E-state index >= 15 is 0 Å². The molecule has 0 fully saturated rings. The molecule has 4 heteroatoms. The molecule has 0 aliphatic carbocycles. The van der Waals surface area contributed by atoms with Crippen LogP contribution < -0.4 is 0 Å². The van der Waals surface area contributed by atoms with E-state index in [9.17, 15) is 0 Å². The van der Waals surface area contributed by atoms with Crippen LogP contribution in [0, 0.1) is 11.3 Å². The highest BCUT2D eigenvalue weighted by Crippen LogP contribution is 2.14. The van der Waals surface area contributed by atoms with E-state index in [1.54, 1.807) is 25.3 Å². The predicted molar refractivity (Wildman–Crippen MR) is 41.8 cm³/mol. The molecule has 1 heterocycles. The summed E-state index contributed by atoms with van der Waals surface area (Å²) >= 11 is 1.14. The Hall–Kier alpha value is -1.05. The lowest BCUT2D eigenvalue weighted by Crippen LogP contribution is -1.83. The van der Waals surface area contributed by atoms with Gasteiger partial charge in [0.15, 0.2) is 0 Å². The average Bonchev–Trinajstić information content (AvgIpc) is 2.06. The minimum atomic E-state index is 0.409. The Morgan fingerprint density at radius 2 is 2.45 bits per heavy atom. The van der Waals surface area contributed by atoms with E-state index < -0.39 is 0 Å². The smallest absolute Gasteiger partial charge is 0.141 e. The Balaban J connectivity index is 2.85. The molecule has 0 radical (unpaired) electrons. The molecule has 0 N–H and O–H groups in total. The van der Waals surface area contributed by atoms with E-state index in [0.29, 0.717) is 10.7 Å². The Kier molecular flexibility index (Phi) is 2.90. The SMILES string of the molecule is COSc1cccc(C#N)n1. The Morgan fingerprint density at radius 1 is 1.64 bits per heavy atom. The molecule has 0 atom stereocenters. The van der Waals surface area contributed by atoms with Crippen molar-refractivity contribution >= 4 is 12.0 Å². The summed E-state index contributed by atoms with van der Waals surface area (Å²) in [6, 6.07) is 7.16. The van der Waals surface area contributed by atoms with Crippen molar-refractivity contribution in [1.82, 2.24) is 4.98 Å². The maximum atomic E-state index is 8.47. The standard InChI is InChI=1S/C7H6N2OS/c1-10-11-7-4-2-3-6(5-8)9-7/h2-4H,1H3. The molecule has 0 aromatic carbocycles. The van der Waals surface area contributed by atoms with Crippen LogP contribution in [0.1, 0.15) is 5.69 Å². The van der Waals surface area contributed by atoms with Crippen LogP contribution in [0.4, 0.5) is 0 Å². The first-order valence-corrected chi connectivity index (χ1v) is 3.69. The maximum absolute atomic E-state index is 8.47. The highest BCUT2D eigenvalue weighted by Gasteiger charge is 1.95. The van der Waals surface area contributed by atoms with Crippen LogP contribution in [-0.4, -0.2) is 12.1 Å². The average molecular weight is 166 g/mol. The van der Waals surface area contributed by atoms with Crippen LogP contribution in [-0.2, 0) is 4.18 Å². The van der Waals surface area contributed by atoms with Crippen molar-refractivity contribution in [2.45, 2.75) is 5.03 Å². The molecule has 3 nitrogen and oxygen atoms in total. The highest BCUT2D eigenvalue weighted by molar-refractivity contribution is 7.94. The lowest BCUT2D eigenvalue weighted by Gasteiger charge is -1.94. The van der Waals surface area contributed by atoms with Gasteiger partial charge >= 0.3 is 0 Å². The van der Waals surface area contributed by atoms with Gasteiger partial charge in [-0.3, -0.25) is 0 Å². The molecule has 11 heavy (non-hydrogen) atoms. The topological polar surface area (TPSA) is 45.9 Å². The number of rotatable bonds is 2. The first-order valence-electron chi connectivity index (χ1n) is 2.94. The number of hydrogen-bond donors (Lipinski definition) is 0. The molecule has 0 aliphatic heterocycles. The van der Waals surface area contributed by atoms with Gasteiger partial charge in [-0.1, -0.05) is 6.07 Å². The van der Waals surface area contributed by atoms with Crippen molar-refractivity contribution in [3.05, 3.63) is 23.9 Å². The lowest BCUT2D eigenvalue weighted by atomic mass is 10.4. The summed E-state index contributed by atoms with van der Waals surface area (Å²) in [4.78, 5) is 3.96. The minimum Gasteiger partial charge on any atom is -0.312 e. The number of aromatic nitrogens is 1. The first-order chi connectivity index (χ1) is 5.36. The van der Waals surface area contributed by atoms with E-state index in [4.69, 9.17) is 9.44 Å². The van der Waals surface area contributed by atoms with Gasteiger partial charge in [0, 0.05) is 12.0 Å². The van der Waals surface area contributed by atoms with Crippen LogP contribution in [0.15, 0.2) is 23.2 Å². The zero-order valence-electron chi connectivity index (χ0n) is 5.94. The van der Waals surface area contributed by atoms with Gasteiger partial charge in [-0.25, -0.2) is 4.98 Å². The Bertz CT molecular complexity index is 282. The van der Waals surface area contributed by atoms with Gasteiger partial charge in [-0.15, -0.1) is 0 Å². The Morgan fingerprint density at radius 3 is 3.09 bits per heavy atom. The highest BCUT2D eigenvalue weighted by atomic mass is 32.2. The van der Waals surface area contributed by atoms with Gasteiger partial charge in [0.1, 0.15) is 16.8 Å². The quantitative estimate of drug-likeness (QED) is 0.626. The fourth-order valence-corrected chi connectivity index (χ4v) is 1.05. The number of pyridine rings is 1. The van der Waals surface area contributed by atoms with Gasteiger partial charge in [-0.05, 0) is 12.1 Å². The van der Waals surface area contributed by atoms with Crippen LogP contribution in [0.5, 0.6) is 0 Å². The molecular formula is C7H6N2OS. The largest absolute Gasteiger partial charge is 0.312 e. The predicted octanol–water partition coefficient (Wildman–Crippen LogP) is 1.61. The van der Waals surface area contributed by atoms with Crippen molar-refractivity contribution in [2.24, 2.45) is 0 Å². The monoisotopic (exact) mass is 166 g/mol. The summed E-state index contributed by atoms with van der Waals surface area (Å²) in [5.74, 6) is 0. The molecule has 1 rings (SSSR count). The third-order valence-corrected chi connectivity index (χ3v) is 1.57. The summed E-state index contributed by atoms with van der Waals surface area (Å²) < 4.78 is 4.77. The second kappa shape index (κ2) is 3.96. The van der Waals surface area contributed by atoms with Gasteiger partial charge in [-0.2, -0.15) is 5.26 Å². The van der Waals surface area contributed by atoms with Crippen LogP contribution in [0.2, 0.25) is 0 Å². The third kappa shape index (κ3) is 2.22. The van der Waals surface area contributed by atoms with E-state index in [0.717, 1.165) is 12.0 Å². The van der Waals surface area contributed by atoms with Crippen molar-refractivity contribution in [3.8, 4) is 6.07 Å². The third-order valence-electron chi connectivity index (χ3n) is 1.01. The second-order valence-corrected chi connectivity index (χ2v) is 2.64. The van der Waals surface area contributed by atoms with Gasteiger partial charge in [0.05, 0.1) is 7.11 Å². The van der Waals surface area contributed by atoms with Gasteiger partial charge in [0.2, 0.25) is 0 Å². The molecule has 0 unspecified atom stereocenters. The molecule has 56 valence electrons. The minimum absolute atomic E-state index is 0.409. The van der Waals surface area contributed by atoms with Crippen molar-refractivity contribution in [3.63, 3.8) is 0 Å². The zero-order chi connectivity index (χ0) is 8.10. The van der Waals surface area contributed by atoms with Crippen molar-refractivity contribution < 1.29 is 4.18 Å². The van der Waals surface area contributed by atoms with Crippen molar-refractivity contribution in [2.75, 3.05) is 7.11 Å². The normalized spacial score (nSPS) is 9.09.